The molecule has 0 bridgehead atoms. The molecule has 0 heterocycles. The van der Waals surface area contributed by atoms with E-state index < -0.39 is 26.5 Å². The first-order chi connectivity index (χ1) is 27.0. The van der Waals surface area contributed by atoms with Crippen LogP contribution in [0.15, 0.2) is 48.6 Å². The molecule has 0 saturated carbocycles. The highest BCUT2D eigenvalue weighted by Gasteiger charge is 2.27. The lowest BCUT2D eigenvalue weighted by molar-refractivity contribution is -0.870. The summed E-state index contributed by atoms with van der Waals surface area (Å²) in [5.41, 5.74) is 0. The van der Waals surface area contributed by atoms with Crippen LogP contribution in [0.1, 0.15) is 181 Å². The number of unbranched alkanes of at least 4 members (excludes halogenated alkanes) is 18. The second-order valence-corrected chi connectivity index (χ2v) is 17.5. The zero-order chi connectivity index (χ0) is 41.4. The van der Waals surface area contributed by atoms with Gasteiger partial charge in [0.2, 0.25) is 0 Å². The van der Waals surface area contributed by atoms with Gasteiger partial charge in [0.1, 0.15) is 19.8 Å². The number of allylic oxidation sites excluding steroid dienone is 8. The van der Waals surface area contributed by atoms with Crippen LogP contribution >= 0.6 is 7.82 Å². The van der Waals surface area contributed by atoms with E-state index in [-0.39, 0.29) is 32.0 Å². The molecule has 0 aliphatic heterocycles. The molecule has 0 radical (unpaired) electrons. The first-order valence-electron chi connectivity index (χ1n) is 22.4. The third-order valence-corrected chi connectivity index (χ3v) is 10.4. The quantitative estimate of drug-likeness (QED) is 0.0214. The number of quaternary nitrogens is 1. The number of likely N-dealkylation sites (N-methyl/N-ethyl adjacent to an activating group) is 1. The maximum atomic E-state index is 12.7. The lowest BCUT2D eigenvalue weighted by Gasteiger charge is -2.24. The van der Waals surface area contributed by atoms with Crippen LogP contribution in [0.4, 0.5) is 0 Å². The number of phosphoric acid groups is 1. The van der Waals surface area contributed by atoms with Gasteiger partial charge in [-0.15, -0.1) is 0 Å². The van der Waals surface area contributed by atoms with Crippen molar-refractivity contribution >= 4 is 19.8 Å². The van der Waals surface area contributed by atoms with E-state index in [2.05, 4.69) is 62.5 Å². The molecule has 2 unspecified atom stereocenters. The van der Waals surface area contributed by atoms with Gasteiger partial charge >= 0.3 is 19.8 Å². The van der Waals surface area contributed by atoms with Crippen LogP contribution in [-0.4, -0.2) is 74.9 Å². The lowest BCUT2D eigenvalue weighted by atomic mass is 10.0. The van der Waals surface area contributed by atoms with Gasteiger partial charge in [-0.3, -0.25) is 18.6 Å². The average Bonchev–Trinajstić information content (AvgIpc) is 3.15. The SMILES string of the molecule is CC/C=C\C/C=C\C/C=C\C/C=C\CCCCCCCCCCCCCCC(=O)OC(COC(=O)CCCCCCCCC)COP(=O)(O)OCC[N+](C)(C)C. The summed E-state index contributed by atoms with van der Waals surface area (Å²) >= 11 is 0. The average molecular weight is 811 g/mol. The molecule has 0 aliphatic carbocycles. The number of rotatable bonds is 40. The highest BCUT2D eigenvalue weighted by molar-refractivity contribution is 7.47. The van der Waals surface area contributed by atoms with Gasteiger partial charge in [0.05, 0.1) is 27.7 Å². The van der Waals surface area contributed by atoms with Crippen LogP contribution in [0, 0.1) is 0 Å². The van der Waals surface area contributed by atoms with Crippen molar-refractivity contribution in [3.05, 3.63) is 48.6 Å². The van der Waals surface area contributed by atoms with Gasteiger partial charge in [0.25, 0.3) is 0 Å². The van der Waals surface area contributed by atoms with Crippen LogP contribution in [0.3, 0.4) is 0 Å². The van der Waals surface area contributed by atoms with E-state index in [1.54, 1.807) is 0 Å². The first kappa shape index (κ1) is 54.0. The fourth-order valence-electron chi connectivity index (χ4n) is 5.89. The molecule has 0 rings (SSSR count). The van der Waals surface area contributed by atoms with Crippen molar-refractivity contribution in [1.29, 1.82) is 0 Å². The summed E-state index contributed by atoms with van der Waals surface area (Å²) in [6.45, 7) is 4.26. The standard InChI is InChI=1S/C46H84NO8P/c1-6-8-10-12-14-15-16-17-18-19-20-21-22-23-24-25-26-27-28-29-30-31-33-35-37-39-46(49)55-44(43-54-56(50,51)53-41-40-47(3,4)5)42-52-45(48)38-36-34-32-13-11-9-7-2/h8,10,14-15,17-18,20-21,44H,6-7,9,11-13,16,19,22-43H2,1-5H3/p+1/b10-8-,15-14-,18-17-,21-20-. The highest BCUT2D eigenvalue weighted by atomic mass is 31.2. The zero-order valence-corrected chi connectivity index (χ0v) is 37.5. The van der Waals surface area contributed by atoms with Crippen molar-refractivity contribution in [2.24, 2.45) is 0 Å². The largest absolute Gasteiger partial charge is 0.472 e. The van der Waals surface area contributed by atoms with Gasteiger partial charge in [-0.1, -0.05) is 165 Å². The Morgan fingerprint density at radius 3 is 1.52 bits per heavy atom. The molecule has 10 heteroatoms. The van der Waals surface area contributed by atoms with E-state index in [4.69, 9.17) is 18.5 Å². The van der Waals surface area contributed by atoms with Crippen molar-refractivity contribution in [1.82, 2.24) is 0 Å². The molecule has 1 N–H and O–H groups in total. The predicted molar refractivity (Wildman–Crippen MR) is 233 cm³/mol. The van der Waals surface area contributed by atoms with E-state index in [1.165, 1.54) is 83.5 Å². The normalized spacial score (nSPS) is 14.0. The minimum Gasteiger partial charge on any atom is -0.462 e. The van der Waals surface area contributed by atoms with E-state index in [0.717, 1.165) is 64.2 Å². The second kappa shape index (κ2) is 38.5. The minimum absolute atomic E-state index is 0.0311. The van der Waals surface area contributed by atoms with E-state index in [1.807, 2.05) is 21.1 Å². The fraction of sp³-hybridized carbons (Fsp3) is 0.783. The van der Waals surface area contributed by atoms with Crippen molar-refractivity contribution < 1.29 is 42.1 Å². The summed E-state index contributed by atoms with van der Waals surface area (Å²) < 4.78 is 34.2. The zero-order valence-electron chi connectivity index (χ0n) is 36.6. The molecule has 0 spiro atoms. The fourth-order valence-corrected chi connectivity index (χ4v) is 6.63. The summed E-state index contributed by atoms with van der Waals surface area (Å²) in [4.78, 5) is 35.2. The Morgan fingerprint density at radius 1 is 0.571 bits per heavy atom. The molecule has 2 atom stereocenters. The molecule has 9 nitrogen and oxygen atoms in total. The van der Waals surface area contributed by atoms with Gasteiger partial charge < -0.3 is 18.9 Å². The van der Waals surface area contributed by atoms with Crippen molar-refractivity contribution in [2.75, 3.05) is 47.5 Å². The van der Waals surface area contributed by atoms with Gasteiger partial charge in [0.15, 0.2) is 6.10 Å². The second-order valence-electron chi connectivity index (χ2n) is 16.1. The summed E-state index contributed by atoms with van der Waals surface area (Å²) in [5, 5.41) is 0. The van der Waals surface area contributed by atoms with Crippen LogP contribution in [-0.2, 0) is 32.7 Å². The van der Waals surface area contributed by atoms with Gasteiger partial charge in [0, 0.05) is 12.8 Å². The molecule has 0 aromatic rings. The van der Waals surface area contributed by atoms with E-state index in [9.17, 15) is 19.0 Å². The van der Waals surface area contributed by atoms with Gasteiger partial charge in [-0.2, -0.15) is 0 Å². The molecule has 326 valence electrons. The molecule has 0 aromatic carbocycles. The summed E-state index contributed by atoms with van der Waals surface area (Å²) in [7, 11) is 1.47. The molecular formula is C46H85NO8P+. The Hall–Kier alpha value is -2.03. The molecule has 0 amide bonds. The predicted octanol–water partition coefficient (Wildman–Crippen LogP) is 12.7. The number of carbonyl (C=O) groups excluding carboxylic acids is 2. The Morgan fingerprint density at radius 2 is 1.02 bits per heavy atom. The topological polar surface area (TPSA) is 108 Å². The smallest absolute Gasteiger partial charge is 0.462 e. The summed E-state index contributed by atoms with van der Waals surface area (Å²) in [6, 6.07) is 0. The number of ether oxygens (including phenoxy) is 2. The van der Waals surface area contributed by atoms with Crippen LogP contribution < -0.4 is 0 Å². The number of hydrogen-bond acceptors (Lipinski definition) is 7. The van der Waals surface area contributed by atoms with E-state index in [0.29, 0.717) is 17.4 Å². The summed E-state index contributed by atoms with van der Waals surface area (Å²) in [6.07, 6.45) is 44.7. The van der Waals surface area contributed by atoms with Crippen molar-refractivity contribution in [3.63, 3.8) is 0 Å². The third-order valence-electron chi connectivity index (χ3n) is 9.37. The number of hydrogen-bond donors (Lipinski definition) is 1. The van der Waals surface area contributed by atoms with Crippen LogP contribution in [0.25, 0.3) is 0 Å². The van der Waals surface area contributed by atoms with Crippen molar-refractivity contribution in [3.8, 4) is 0 Å². The van der Waals surface area contributed by atoms with Crippen LogP contribution in [0.5, 0.6) is 0 Å². The Kier molecular flexibility index (Phi) is 37.1. The van der Waals surface area contributed by atoms with Crippen molar-refractivity contribution in [2.45, 2.75) is 187 Å². The molecular weight excluding hydrogens is 725 g/mol. The van der Waals surface area contributed by atoms with Gasteiger partial charge in [-0.25, -0.2) is 4.57 Å². The molecule has 56 heavy (non-hydrogen) atoms. The lowest BCUT2D eigenvalue weighted by Crippen LogP contribution is -2.37. The molecule has 0 aliphatic rings. The third kappa shape index (κ3) is 41.6. The number of nitrogens with zero attached hydrogens (tertiary/aromatic N) is 1. The Balaban J connectivity index is 4.13. The molecule has 0 saturated heterocycles. The highest BCUT2D eigenvalue weighted by Crippen LogP contribution is 2.43. The number of phosphoric ester groups is 1. The Labute approximate surface area is 343 Å². The van der Waals surface area contributed by atoms with Gasteiger partial charge in [-0.05, 0) is 51.4 Å². The number of carbonyl (C=O) groups is 2. The number of esters is 2. The minimum atomic E-state index is -4.37. The summed E-state index contributed by atoms with van der Waals surface area (Å²) in [5.74, 6) is -0.807. The molecule has 0 fully saturated rings. The Bertz CT molecular complexity index is 1100. The maximum Gasteiger partial charge on any atom is 0.472 e. The maximum absolute atomic E-state index is 12.7. The van der Waals surface area contributed by atoms with Crippen LogP contribution in [0.2, 0.25) is 0 Å². The monoisotopic (exact) mass is 811 g/mol. The van der Waals surface area contributed by atoms with E-state index >= 15 is 0 Å². The molecule has 0 aromatic heterocycles. The first-order valence-corrected chi connectivity index (χ1v) is 23.9.